The van der Waals surface area contributed by atoms with Crippen molar-refractivity contribution in [2.45, 2.75) is 13.0 Å². The summed E-state index contributed by atoms with van der Waals surface area (Å²) in [6, 6.07) is 9.25. The van der Waals surface area contributed by atoms with E-state index < -0.39 is 0 Å². The molecule has 0 saturated carbocycles. The molecule has 18 heavy (non-hydrogen) atoms. The quantitative estimate of drug-likeness (QED) is 0.880. The Morgan fingerprint density at radius 3 is 2.72 bits per heavy atom. The average Bonchev–Trinajstić information content (AvgIpc) is 2.91. The van der Waals surface area contributed by atoms with Gasteiger partial charge in [0.15, 0.2) is 0 Å². The van der Waals surface area contributed by atoms with Crippen LogP contribution in [0.3, 0.4) is 0 Å². The molecule has 5 nitrogen and oxygen atoms in total. The van der Waals surface area contributed by atoms with E-state index in [9.17, 15) is 4.79 Å². The van der Waals surface area contributed by atoms with Gasteiger partial charge in [-0.3, -0.25) is 4.79 Å². The van der Waals surface area contributed by atoms with Crippen LogP contribution in [0.15, 0.2) is 36.5 Å². The molecule has 0 aliphatic carbocycles. The maximum atomic E-state index is 12.0. The molecule has 0 aliphatic rings. The van der Waals surface area contributed by atoms with Gasteiger partial charge in [-0.25, -0.2) is 0 Å². The Kier molecular flexibility index (Phi) is 4.01. The predicted octanol–water partition coefficient (Wildman–Crippen LogP) is 1.81. The molecule has 94 valence electrons. The van der Waals surface area contributed by atoms with Crippen molar-refractivity contribution >= 4 is 22.4 Å². The number of rotatable bonds is 4. The fourth-order valence-corrected chi connectivity index (χ4v) is 2.01. The van der Waals surface area contributed by atoms with Crippen LogP contribution in [0.2, 0.25) is 0 Å². The van der Waals surface area contributed by atoms with Gasteiger partial charge in [-0.2, -0.15) is 0 Å². The summed E-state index contributed by atoms with van der Waals surface area (Å²) in [6.45, 7) is 1.81. The van der Waals surface area contributed by atoms with Gasteiger partial charge in [-0.05, 0) is 5.56 Å². The zero-order chi connectivity index (χ0) is 13.0. The summed E-state index contributed by atoms with van der Waals surface area (Å²) >= 11 is 1.14. The van der Waals surface area contributed by atoms with Crippen molar-refractivity contribution in [3.8, 4) is 0 Å². The molecule has 1 amide bonds. The molecule has 1 aromatic heterocycles. The average molecular weight is 262 g/mol. The second-order valence-corrected chi connectivity index (χ2v) is 4.78. The topological polar surface area (TPSA) is 80.9 Å². The van der Waals surface area contributed by atoms with Gasteiger partial charge in [0.1, 0.15) is 5.00 Å². The monoisotopic (exact) mass is 262 g/mol. The minimum atomic E-state index is -0.327. The van der Waals surface area contributed by atoms with Crippen molar-refractivity contribution in [2.24, 2.45) is 11.7 Å². The molecule has 3 N–H and O–H groups in total. The summed E-state index contributed by atoms with van der Waals surface area (Å²) in [5.74, 6) is -0.452. The van der Waals surface area contributed by atoms with Gasteiger partial charge < -0.3 is 11.1 Å². The number of aromatic nitrogens is 2. The molecule has 2 atom stereocenters. The van der Waals surface area contributed by atoms with Crippen LogP contribution in [-0.2, 0) is 4.79 Å². The van der Waals surface area contributed by atoms with Gasteiger partial charge in [-0.1, -0.05) is 41.7 Å². The standard InChI is InChI=1S/C12H14N4OS/c1-8(11(13)9-5-3-2-4-6-9)12(17)15-10-7-14-16-18-10/h2-8,11H,13H2,1H3,(H,15,17). The number of carbonyl (C=O) groups is 1. The highest BCUT2D eigenvalue weighted by molar-refractivity contribution is 7.10. The molecule has 0 bridgehead atoms. The fourth-order valence-electron chi connectivity index (χ4n) is 1.58. The van der Waals surface area contributed by atoms with Crippen molar-refractivity contribution in [2.75, 3.05) is 5.32 Å². The lowest BCUT2D eigenvalue weighted by Crippen LogP contribution is -2.30. The summed E-state index contributed by atoms with van der Waals surface area (Å²) in [6.07, 6.45) is 1.52. The molecule has 1 heterocycles. The van der Waals surface area contributed by atoms with Gasteiger partial charge in [0, 0.05) is 17.6 Å². The van der Waals surface area contributed by atoms with Crippen LogP contribution in [0.4, 0.5) is 5.00 Å². The lowest BCUT2D eigenvalue weighted by Gasteiger charge is -2.19. The van der Waals surface area contributed by atoms with Gasteiger partial charge in [-0.15, -0.1) is 5.10 Å². The fraction of sp³-hybridized carbons (Fsp3) is 0.250. The molecule has 1 aromatic carbocycles. The maximum absolute atomic E-state index is 12.0. The van der Waals surface area contributed by atoms with Gasteiger partial charge in [0.2, 0.25) is 5.91 Å². The second kappa shape index (κ2) is 5.70. The van der Waals surface area contributed by atoms with E-state index in [1.54, 1.807) is 0 Å². The molecule has 2 unspecified atom stereocenters. The molecule has 0 saturated heterocycles. The largest absolute Gasteiger partial charge is 0.323 e. The van der Waals surface area contributed by atoms with E-state index >= 15 is 0 Å². The number of anilines is 1. The Morgan fingerprint density at radius 1 is 1.39 bits per heavy atom. The van der Waals surface area contributed by atoms with Crippen molar-refractivity contribution in [3.05, 3.63) is 42.1 Å². The van der Waals surface area contributed by atoms with Gasteiger partial charge in [0.25, 0.3) is 0 Å². The molecule has 0 radical (unpaired) electrons. The van der Waals surface area contributed by atoms with Crippen LogP contribution >= 0.6 is 11.5 Å². The zero-order valence-corrected chi connectivity index (χ0v) is 10.7. The minimum absolute atomic E-state index is 0.127. The van der Waals surface area contributed by atoms with E-state index in [0.29, 0.717) is 5.00 Å². The van der Waals surface area contributed by atoms with Gasteiger partial charge >= 0.3 is 0 Å². The number of nitrogens with one attached hydrogen (secondary N) is 1. The first-order chi connectivity index (χ1) is 8.68. The van der Waals surface area contributed by atoms with E-state index in [1.807, 2.05) is 37.3 Å². The highest BCUT2D eigenvalue weighted by Gasteiger charge is 2.22. The van der Waals surface area contributed by atoms with Crippen molar-refractivity contribution in [3.63, 3.8) is 0 Å². The Balaban J connectivity index is 2.02. The number of nitrogens with two attached hydrogens (primary N) is 1. The van der Waals surface area contributed by atoms with Crippen molar-refractivity contribution in [1.29, 1.82) is 0 Å². The number of nitrogens with zero attached hydrogens (tertiary/aromatic N) is 2. The molecule has 0 spiro atoms. The first-order valence-corrected chi connectivity index (χ1v) is 6.34. The highest BCUT2D eigenvalue weighted by Crippen LogP contribution is 2.21. The Hall–Kier alpha value is -1.79. The maximum Gasteiger partial charge on any atom is 0.229 e. The third kappa shape index (κ3) is 2.91. The van der Waals surface area contributed by atoms with Crippen LogP contribution in [-0.4, -0.2) is 15.5 Å². The second-order valence-electron chi connectivity index (χ2n) is 4.00. The minimum Gasteiger partial charge on any atom is -0.323 e. The lowest BCUT2D eigenvalue weighted by atomic mass is 9.95. The van der Waals surface area contributed by atoms with Crippen LogP contribution in [0.5, 0.6) is 0 Å². The van der Waals surface area contributed by atoms with Crippen molar-refractivity contribution < 1.29 is 4.79 Å². The Bertz CT molecular complexity index is 500. The van der Waals surface area contributed by atoms with E-state index in [0.717, 1.165) is 17.1 Å². The number of amides is 1. The normalized spacial score (nSPS) is 13.9. The number of benzene rings is 1. The van der Waals surface area contributed by atoms with E-state index in [2.05, 4.69) is 14.9 Å². The number of carbonyl (C=O) groups excluding carboxylic acids is 1. The molecular formula is C12H14N4OS. The van der Waals surface area contributed by atoms with Crippen LogP contribution in [0, 0.1) is 5.92 Å². The molecule has 0 fully saturated rings. The number of hydrogen-bond donors (Lipinski definition) is 2. The summed E-state index contributed by atoms with van der Waals surface area (Å²) in [4.78, 5) is 12.0. The van der Waals surface area contributed by atoms with E-state index in [-0.39, 0.29) is 17.9 Å². The van der Waals surface area contributed by atoms with E-state index in [1.165, 1.54) is 6.20 Å². The summed E-state index contributed by atoms with van der Waals surface area (Å²) in [5.41, 5.74) is 7.03. The summed E-state index contributed by atoms with van der Waals surface area (Å²) in [7, 11) is 0. The van der Waals surface area contributed by atoms with E-state index in [4.69, 9.17) is 5.73 Å². The van der Waals surface area contributed by atoms with Crippen LogP contribution in [0.1, 0.15) is 18.5 Å². The third-order valence-electron chi connectivity index (χ3n) is 2.74. The lowest BCUT2D eigenvalue weighted by molar-refractivity contribution is -0.120. The molecular weight excluding hydrogens is 248 g/mol. The molecule has 6 heteroatoms. The zero-order valence-electron chi connectivity index (χ0n) is 9.91. The SMILES string of the molecule is CC(C(=O)Nc1cnns1)C(N)c1ccccc1. The molecule has 2 rings (SSSR count). The third-order valence-corrected chi connectivity index (χ3v) is 3.32. The highest BCUT2D eigenvalue weighted by atomic mass is 32.1. The molecule has 2 aromatic rings. The van der Waals surface area contributed by atoms with Crippen molar-refractivity contribution in [1.82, 2.24) is 9.59 Å². The van der Waals surface area contributed by atoms with Crippen LogP contribution < -0.4 is 11.1 Å². The smallest absolute Gasteiger partial charge is 0.229 e. The Morgan fingerprint density at radius 2 is 2.11 bits per heavy atom. The molecule has 0 aliphatic heterocycles. The predicted molar refractivity (Wildman–Crippen MR) is 71.1 cm³/mol. The summed E-state index contributed by atoms with van der Waals surface area (Å²) < 4.78 is 3.68. The summed E-state index contributed by atoms with van der Waals surface area (Å²) in [5, 5.41) is 7.04. The number of hydrogen-bond acceptors (Lipinski definition) is 5. The first kappa shape index (κ1) is 12.7. The van der Waals surface area contributed by atoms with Crippen LogP contribution in [0.25, 0.3) is 0 Å². The first-order valence-electron chi connectivity index (χ1n) is 5.57. The van der Waals surface area contributed by atoms with Gasteiger partial charge in [0.05, 0.1) is 12.1 Å². The Labute approximate surface area is 109 Å².